The van der Waals surface area contributed by atoms with Crippen LogP contribution in [0.25, 0.3) is 5.65 Å². The fourth-order valence-corrected chi connectivity index (χ4v) is 2.86. The molecule has 2 aromatic heterocycles. The van der Waals surface area contributed by atoms with E-state index in [1.165, 1.54) is 0 Å². The summed E-state index contributed by atoms with van der Waals surface area (Å²) in [7, 11) is 2.08. The van der Waals surface area contributed by atoms with E-state index in [-0.39, 0.29) is 5.91 Å². The Morgan fingerprint density at radius 1 is 1.29 bits per heavy atom. The van der Waals surface area contributed by atoms with E-state index in [9.17, 15) is 4.79 Å². The molecule has 3 rings (SSSR count). The van der Waals surface area contributed by atoms with Crippen molar-refractivity contribution < 1.29 is 4.79 Å². The van der Waals surface area contributed by atoms with Gasteiger partial charge < -0.3 is 9.80 Å². The summed E-state index contributed by atoms with van der Waals surface area (Å²) < 4.78 is 1.82. The van der Waals surface area contributed by atoms with Crippen molar-refractivity contribution in [3.8, 4) is 0 Å². The van der Waals surface area contributed by atoms with Gasteiger partial charge in [-0.15, -0.1) is 0 Å². The average Bonchev–Trinajstić information content (AvgIpc) is 2.85. The molecule has 6 heteroatoms. The van der Waals surface area contributed by atoms with E-state index >= 15 is 0 Å². The van der Waals surface area contributed by atoms with Crippen LogP contribution in [0.15, 0.2) is 18.3 Å². The molecule has 1 aliphatic rings. The van der Waals surface area contributed by atoms with Gasteiger partial charge in [0.05, 0.1) is 10.7 Å². The second-order valence-electron chi connectivity index (χ2n) is 5.43. The Morgan fingerprint density at radius 2 is 2.00 bits per heavy atom. The van der Waals surface area contributed by atoms with Gasteiger partial charge in [0.2, 0.25) is 0 Å². The molecule has 1 amide bonds. The van der Waals surface area contributed by atoms with Crippen LogP contribution >= 0.6 is 11.6 Å². The van der Waals surface area contributed by atoms with Gasteiger partial charge in [-0.1, -0.05) is 18.5 Å². The third kappa shape index (κ3) is 2.63. The first-order valence-electron chi connectivity index (χ1n) is 7.24. The summed E-state index contributed by atoms with van der Waals surface area (Å²) in [6.07, 6.45) is 2.50. The van der Waals surface area contributed by atoms with Gasteiger partial charge in [-0.2, -0.15) is 0 Å². The van der Waals surface area contributed by atoms with Crippen molar-refractivity contribution in [3.63, 3.8) is 0 Å². The fraction of sp³-hybridized carbons (Fsp3) is 0.467. The van der Waals surface area contributed by atoms with Crippen molar-refractivity contribution in [1.82, 2.24) is 19.2 Å². The lowest BCUT2D eigenvalue weighted by Crippen LogP contribution is -2.47. The van der Waals surface area contributed by atoms with Crippen molar-refractivity contribution in [2.24, 2.45) is 0 Å². The molecule has 2 aromatic rings. The molecule has 21 heavy (non-hydrogen) atoms. The van der Waals surface area contributed by atoms with E-state index in [2.05, 4.69) is 16.9 Å². The van der Waals surface area contributed by atoms with Crippen LogP contribution in [-0.4, -0.2) is 58.3 Å². The van der Waals surface area contributed by atoms with Crippen molar-refractivity contribution in [2.75, 3.05) is 33.2 Å². The minimum Gasteiger partial charge on any atom is -0.335 e. The molecule has 112 valence electrons. The number of rotatable bonds is 2. The number of fused-ring (bicyclic) bond motifs is 1. The van der Waals surface area contributed by atoms with E-state index in [0.29, 0.717) is 10.7 Å². The molecule has 1 saturated heterocycles. The zero-order valence-corrected chi connectivity index (χ0v) is 13.1. The lowest BCUT2D eigenvalue weighted by atomic mass is 10.2. The lowest BCUT2D eigenvalue weighted by molar-refractivity contribution is 0.0656. The van der Waals surface area contributed by atoms with Gasteiger partial charge in [0.25, 0.3) is 5.91 Å². The summed E-state index contributed by atoms with van der Waals surface area (Å²) in [6.45, 7) is 5.35. The number of amides is 1. The molecular weight excluding hydrogens is 288 g/mol. The number of hydrogen-bond donors (Lipinski definition) is 0. The predicted molar refractivity (Wildman–Crippen MR) is 83.0 cm³/mol. The number of pyridine rings is 1. The molecule has 0 unspecified atom stereocenters. The number of nitrogens with zero attached hydrogens (tertiary/aromatic N) is 4. The fourth-order valence-electron chi connectivity index (χ4n) is 2.70. The Bertz CT molecular complexity index is 674. The number of aromatic nitrogens is 2. The van der Waals surface area contributed by atoms with Crippen LogP contribution in [0.2, 0.25) is 5.02 Å². The molecular formula is C15H19ClN4O. The summed E-state index contributed by atoms with van der Waals surface area (Å²) in [5, 5.41) is 0.606. The van der Waals surface area contributed by atoms with Gasteiger partial charge in [-0.05, 0) is 25.6 Å². The second kappa shape index (κ2) is 5.66. The third-order valence-corrected chi connectivity index (χ3v) is 4.21. The Hall–Kier alpha value is -1.59. The molecule has 1 fully saturated rings. The number of halogens is 1. The van der Waals surface area contributed by atoms with Crippen LogP contribution in [0, 0.1) is 0 Å². The maximum atomic E-state index is 12.9. The summed E-state index contributed by atoms with van der Waals surface area (Å²) in [6, 6.07) is 3.65. The topological polar surface area (TPSA) is 40.9 Å². The molecule has 0 N–H and O–H groups in total. The monoisotopic (exact) mass is 306 g/mol. The molecule has 0 aromatic carbocycles. The Labute approximate surface area is 129 Å². The maximum Gasteiger partial charge on any atom is 0.272 e. The standard InChI is InChI=1S/C15H19ClN4O/c1-3-12-14(15(21)19-8-6-18(2)7-9-19)20-10-11(16)4-5-13(20)17-12/h4-5,10H,3,6-9H2,1-2H3. The quantitative estimate of drug-likeness (QED) is 0.851. The second-order valence-corrected chi connectivity index (χ2v) is 5.87. The number of aryl methyl sites for hydroxylation is 1. The minimum atomic E-state index is 0.0507. The highest BCUT2D eigenvalue weighted by Crippen LogP contribution is 2.19. The molecule has 3 heterocycles. The number of piperazine rings is 1. The number of carbonyl (C=O) groups excluding carboxylic acids is 1. The SMILES string of the molecule is CCc1nc2ccc(Cl)cn2c1C(=O)N1CCN(C)CC1. The van der Waals surface area contributed by atoms with E-state index in [1.807, 2.05) is 22.3 Å². The summed E-state index contributed by atoms with van der Waals surface area (Å²) in [5.74, 6) is 0.0507. The average molecular weight is 307 g/mol. The van der Waals surface area contributed by atoms with Crippen molar-refractivity contribution in [3.05, 3.63) is 34.7 Å². The number of imidazole rings is 1. The summed E-state index contributed by atoms with van der Waals surface area (Å²) in [5.41, 5.74) is 2.26. The van der Waals surface area contributed by atoms with Crippen LogP contribution in [-0.2, 0) is 6.42 Å². The summed E-state index contributed by atoms with van der Waals surface area (Å²) >= 11 is 6.07. The molecule has 0 bridgehead atoms. The zero-order chi connectivity index (χ0) is 15.0. The number of hydrogen-bond acceptors (Lipinski definition) is 3. The largest absolute Gasteiger partial charge is 0.335 e. The van der Waals surface area contributed by atoms with Gasteiger partial charge in [0.15, 0.2) is 0 Å². The molecule has 0 spiro atoms. The molecule has 1 aliphatic heterocycles. The smallest absolute Gasteiger partial charge is 0.272 e. The molecule has 0 atom stereocenters. The van der Waals surface area contributed by atoms with Crippen LogP contribution in [0.3, 0.4) is 0 Å². The maximum absolute atomic E-state index is 12.9. The molecule has 5 nitrogen and oxygen atoms in total. The third-order valence-electron chi connectivity index (χ3n) is 3.98. The van der Waals surface area contributed by atoms with E-state index in [0.717, 1.165) is 43.9 Å². The highest BCUT2D eigenvalue weighted by molar-refractivity contribution is 6.30. The Balaban J connectivity index is 2.01. The minimum absolute atomic E-state index is 0.0507. The Morgan fingerprint density at radius 3 is 2.67 bits per heavy atom. The first-order valence-corrected chi connectivity index (χ1v) is 7.62. The zero-order valence-electron chi connectivity index (χ0n) is 12.3. The lowest BCUT2D eigenvalue weighted by Gasteiger charge is -2.32. The van der Waals surface area contributed by atoms with Crippen LogP contribution < -0.4 is 0 Å². The van der Waals surface area contributed by atoms with Crippen LogP contribution in [0.5, 0.6) is 0 Å². The van der Waals surface area contributed by atoms with E-state index in [4.69, 9.17) is 11.6 Å². The van der Waals surface area contributed by atoms with E-state index in [1.54, 1.807) is 12.3 Å². The van der Waals surface area contributed by atoms with Gasteiger partial charge in [0.1, 0.15) is 11.3 Å². The van der Waals surface area contributed by atoms with Gasteiger partial charge in [-0.25, -0.2) is 4.98 Å². The summed E-state index contributed by atoms with van der Waals surface area (Å²) in [4.78, 5) is 21.6. The molecule has 0 radical (unpaired) electrons. The molecule has 0 aliphatic carbocycles. The number of carbonyl (C=O) groups is 1. The van der Waals surface area contributed by atoms with Gasteiger partial charge >= 0.3 is 0 Å². The highest BCUT2D eigenvalue weighted by Gasteiger charge is 2.25. The first kappa shape index (κ1) is 14.4. The van der Waals surface area contributed by atoms with Gasteiger partial charge in [0, 0.05) is 32.4 Å². The first-order chi connectivity index (χ1) is 10.1. The van der Waals surface area contributed by atoms with Crippen LogP contribution in [0.4, 0.5) is 0 Å². The highest BCUT2D eigenvalue weighted by atomic mass is 35.5. The normalized spacial score (nSPS) is 16.6. The van der Waals surface area contributed by atoms with Crippen molar-refractivity contribution in [2.45, 2.75) is 13.3 Å². The predicted octanol–water partition coefficient (Wildman–Crippen LogP) is 1.94. The van der Waals surface area contributed by atoms with Crippen molar-refractivity contribution in [1.29, 1.82) is 0 Å². The molecule has 0 saturated carbocycles. The van der Waals surface area contributed by atoms with Crippen molar-refractivity contribution >= 4 is 23.2 Å². The van der Waals surface area contributed by atoms with E-state index < -0.39 is 0 Å². The van der Waals surface area contributed by atoms with Crippen LogP contribution in [0.1, 0.15) is 23.1 Å². The van der Waals surface area contributed by atoms with Gasteiger partial charge in [-0.3, -0.25) is 9.20 Å². The number of likely N-dealkylation sites (N-methyl/N-ethyl adjacent to an activating group) is 1. The Kier molecular flexibility index (Phi) is 3.87.